The first kappa shape index (κ1) is 15.8. The quantitative estimate of drug-likeness (QED) is 0.411. The van der Waals surface area contributed by atoms with Crippen molar-refractivity contribution < 1.29 is 19.7 Å². The molecule has 0 aliphatic rings. The van der Waals surface area contributed by atoms with Gasteiger partial charge in [0.2, 0.25) is 0 Å². The van der Waals surface area contributed by atoms with Gasteiger partial charge in [-0.3, -0.25) is 0 Å². The highest BCUT2D eigenvalue weighted by Crippen LogP contribution is 1.93. The van der Waals surface area contributed by atoms with Gasteiger partial charge in [0.25, 0.3) is 0 Å². The summed E-state index contributed by atoms with van der Waals surface area (Å²) in [4.78, 5) is 0. The molecule has 0 unspecified atom stereocenters. The van der Waals surface area contributed by atoms with Crippen molar-refractivity contribution in [2.45, 2.75) is 31.7 Å². The molecule has 0 aliphatic heterocycles. The Morgan fingerprint density at radius 2 is 1.25 bits per heavy atom. The van der Waals surface area contributed by atoms with Crippen molar-refractivity contribution in [3.63, 3.8) is 0 Å². The van der Waals surface area contributed by atoms with Crippen LogP contribution in [0.25, 0.3) is 0 Å². The van der Waals surface area contributed by atoms with Gasteiger partial charge in [0, 0.05) is 26.4 Å². The van der Waals surface area contributed by atoms with E-state index in [2.05, 4.69) is 0 Å². The monoisotopic (exact) mass is 235 g/mol. The SMILES string of the molecule is NC(COCCCCO)COCCCCO. The number of nitrogens with two attached hydrogens (primary N) is 1. The van der Waals surface area contributed by atoms with E-state index in [1.807, 2.05) is 0 Å². The Bertz CT molecular complexity index is 121. The zero-order chi connectivity index (χ0) is 12.1. The minimum atomic E-state index is -0.0942. The number of ether oxygens (including phenoxy) is 2. The molecule has 0 aliphatic carbocycles. The van der Waals surface area contributed by atoms with Gasteiger partial charge in [0.05, 0.1) is 19.3 Å². The van der Waals surface area contributed by atoms with Crippen LogP contribution < -0.4 is 5.73 Å². The first-order chi connectivity index (χ1) is 7.81. The summed E-state index contributed by atoms with van der Waals surface area (Å²) in [7, 11) is 0. The molecule has 0 aromatic heterocycles. The van der Waals surface area contributed by atoms with Crippen molar-refractivity contribution in [3.05, 3.63) is 0 Å². The number of aliphatic hydroxyl groups excluding tert-OH is 2. The summed E-state index contributed by atoms with van der Waals surface area (Å²) in [6, 6.07) is -0.0942. The highest BCUT2D eigenvalue weighted by Gasteiger charge is 2.02. The van der Waals surface area contributed by atoms with E-state index in [0.717, 1.165) is 25.7 Å². The molecular weight excluding hydrogens is 210 g/mol. The van der Waals surface area contributed by atoms with E-state index in [4.69, 9.17) is 25.4 Å². The number of aliphatic hydroxyl groups is 2. The average Bonchev–Trinajstić information content (AvgIpc) is 2.28. The van der Waals surface area contributed by atoms with Gasteiger partial charge in [0.1, 0.15) is 0 Å². The molecule has 0 rings (SSSR count). The molecule has 0 heterocycles. The third-order valence-corrected chi connectivity index (χ3v) is 2.06. The third kappa shape index (κ3) is 11.9. The predicted molar refractivity (Wildman–Crippen MR) is 62.3 cm³/mol. The summed E-state index contributed by atoms with van der Waals surface area (Å²) in [5.41, 5.74) is 5.75. The minimum absolute atomic E-state index is 0.0942. The molecule has 5 heteroatoms. The van der Waals surface area contributed by atoms with Gasteiger partial charge in [-0.2, -0.15) is 0 Å². The molecular formula is C11H25NO4. The van der Waals surface area contributed by atoms with Crippen molar-refractivity contribution in [3.8, 4) is 0 Å². The molecule has 4 N–H and O–H groups in total. The molecule has 0 saturated carbocycles. The molecule has 0 atom stereocenters. The smallest absolute Gasteiger partial charge is 0.0640 e. The van der Waals surface area contributed by atoms with Crippen molar-refractivity contribution in [2.24, 2.45) is 5.73 Å². The first-order valence-corrected chi connectivity index (χ1v) is 5.94. The Hall–Kier alpha value is -0.200. The van der Waals surface area contributed by atoms with Crippen LogP contribution in [0.1, 0.15) is 25.7 Å². The van der Waals surface area contributed by atoms with Gasteiger partial charge >= 0.3 is 0 Å². The van der Waals surface area contributed by atoms with Crippen LogP contribution in [-0.4, -0.2) is 55.9 Å². The molecule has 98 valence electrons. The van der Waals surface area contributed by atoms with E-state index < -0.39 is 0 Å². The van der Waals surface area contributed by atoms with Gasteiger partial charge < -0.3 is 25.4 Å². The summed E-state index contributed by atoms with van der Waals surface area (Å²) >= 11 is 0. The summed E-state index contributed by atoms with van der Waals surface area (Å²) < 4.78 is 10.6. The Balaban J connectivity index is 3.09. The highest BCUT2D eigenvalue weighted by atomic mass is 16.5. The Morgan fingerprint density at radius 1 is 0.812 bits per heavy atom. The number of rotatable bonds is 12. The van der Waals surface area contributed by atoms with E-state index >= 15 is 0 Å². The number of unbranched alkanes of at least 4 members (excludes halogenated alkanes) is 2. The second-order valence-corrected chi connectivity index (χ2v) is 3.77. The van der Waals surface area contributed by atoms with Crippen LogP contribution in [0, 0.1) is 0 Å². The maximum absolute atomic E-state index is 8.54. The fourth-order valence-corrected chi connectivity index (χ4v) is 1.15. The zero-order valence-electron chi connectivity index (χ0n) is 9.94. The molecule has 0 amide bonds. The van der Waals surface area contributed by atoms with Crippen molar-refractivity contribution >= 4 is 0 Å². The van der Waals surface area contributed by atoms with E-state index in [-0.39, 0.29) is 19.3 Å². The molecule has 0 fully saturated rings. The second-order valence-electron chi connectivity index (χ2n) is 3.77. The molecule has 0 bridgehead atoms. The topological polar surface area (TPSA) is 84.9 Å². The molecule has 0 spiro atoms. The van der Waals surface area contributed by atoms with Gasteiger partial charge in [-0.25, -0.2) is 0 Å². The third-order valence-electron chi connectivity index (χ3n) is 2.06. The molecule has 0 saturated heterocycles. The summed E-state index contributed by atoms with van der Waals surface area (Å²) in [5, 5.41) is 17.1. The van der Waals surface area contributed by atoms with Gasteiger partial charge in [-0.05, 0) is 25.7 Å². The normalized spacial score (nSPS) is 11.2. The lowest BCUT2D eigenvalue weighted by atomic mass is 10.3. The Morgan fingerprint density at radius 3 is 1.62 bits per heavy atom. The van der Waals surface area contributed by atoms with Crippen LogP contribution in [0.5, 0.6) is 0 Å². The van der Waals surface area contributed by atoms with Crippen LogP contribution in [0.2, 0.25) is 0 Å². The maximum atomic E-state index is 8.54. The van der Waals surface area contributed by atoms with E-state index in [9.17, 15) is 0 Å². The first-order valence-electron chi connectivity index (χ1n) is 5.94. The van der Waals surface area contributed by atoms with Gasteiger partial charge in [0.15, 0.2) is 0 Å². The molecule has 0 aromatic carbocycles. The highest BCUT2D eigenvalue weighted by molar-refractivity contribution is 4.57. The molecule has 16 heavy (non-hydrogen) atoms. The second kappa shape index (κ2) is 12.9. The van der Waals surface area contributed by atoms with E-state index in [0.29, 0.717) is 26.4 Å². The van der Waals surface area contributed by atoms with Crippen molar-refractivity contribution in [1.29, 1.82) is 0 Å². The fourth-order valence-electron chi connectivity index (χ4n) is 1.15. The Kier molecular flexibility index (Phi) is 12.7. The van der Waals surface area contributed by atoms with Crippen LogP contribution in [-0.2, 0) is 9.47 Å². The van der Waals surface area contributed by atoms with Gasteiger partial charge in [-0.1, -0.05) is 0 Å². The lowest BCUT2D eigenvalue weighted by molar-refractivity contribution is 0.0623. The largest absolute Gasteiger partial charge is 0.396 e. The zero-order valence-corrected chi connectivity index (χ0v) is 9.94. The predicted octanol–water partition coefficient (Wildman–Crippen LogP) is -0.108. The van der Waals surface area contributed by atoms with Crippen LogP contribution in [0.4, 0.5) is 0 Å². The molecule has 0 radical (unpaired) electrons. The standard InChI is InChI=1S/C11H25NO4/c12-11(9-15-7-3-1-5-13)10-16-8-4-2-6-14/h11,13-14H,1-10,12H2. The van der Waals surface area contributed by atoms with Crippen LogP contribution in [0.3, 0.4) is 0 Å². The van der Waals surface area contributed by atoms with Crippen molar-refractivity contribution in [1.82, 2.24) is 0 Å². The number of hydrogen-bond donors (Lipinski definition) is 3. The summed E-state index contributed by atoms with van der Waals surface area (Å²) in [5.74, 6) is 0. The van der Waals surface area contributed by atoms with Crippen LogP contribution >= 0.6 is 0 Å². The lowest BCUT2D eigenvalue weighted by Gasteiger charge is -2.12. The van der Waals surface area contributed by atoms with E-state index in [1.165, 1.54) is 0 Å². The van der Waals surface area contributed by atoms with E-state index in [1.54, 1.807) is 0 Å². The maximum Gasteiger partial charge on any atom is 0.0640 e. The van der Waals surface area contributed by atoms with Crippen LogP contribution in [0.15, 0.2) is 0 Å². The Labute approximate surface area is 97.5 Å². The molecule has 5 nitrogen and oxygen atoms in total. The lowest BCUT2D eigenvalue weighted by Crippen LogP contribution is -2.31. The number of hydrogen-bond acceptors (Lipinski definition) is 5. The summed E-state index contributed by atoms with van der Waals surface area (Å²) in [6.07, 6.45) is 3.26. The average molecular weight is 235 g/mol. The molecule has 0 aromatic rings. The summed E-state index contributed by atoms with van der Waals surface area (Å²) in [6.45, 7) is 2.68. The van der Waals surface area contributed by atoms with Gasteiger partial charge in [-0.15, -0.1) is 0 Å². The fraction of sp³-hybridized carbons (Fsp3) is 1.00. The van der Waals surface area contributed by atoms with Crippen molar-refractivity contribution in [2.75, 3.05) is 39.6 Å². The minimum Gasteiger partial charge on any atom is -0.396 e.